The summed E-state index contributed by atoms with van der Waals surface area (Å²) in [5.74, 6) is 2.03. The molecule has 0 saturated heterocycles. The Labute approximate surface area is 291 Å². The number of aryl methyl sites for hydroxylation is 2. The zero-order valence-electron chi connectivity index (χ0n) is 28.4. The number of alkyl halides is 1. The number of sulfone groups is 1. The molecule has 8 aromatic rings. The van der Waals surface area contributed by atoms with Crippen LogP contribution in [-0.4, -0.2) is 78.4 Å². The first-order chi connectivity index (χ1) is 24.5. The lowest BCUT2D eigenvalue weighted by Crippen LogP contribution is -2.00. The van der Waals surface area contributed by atoms with E-state index in [1.807, 2.05) is 36.0 Å². The molecule has 15 nitrogen and oxygen atoms in total. The lowest BCUT2D eigenvalue weighted by atomic mass is 10.1. The average molecular weight is 711 g/mol. The summed E-state index contributed by atoms with van der Waals surface area (Å²) >= 11 is 0. The summed E-state index contributed by atoms with van der Waals surface area (Å²) in [5.41, 5.74) is 5.48. The van der Waals surface area contributed by atoms with Crippen molar-refractivity contribution < 1.29 is 17.5 Å². The first kappa shape index (κ1) is 33.4. The maximum atomic E-state index is 12.4. The van der Waals surface area contributed by atoms with Gasteiger partial charge in [0.1, 0.15) is 23.5 Å². The molecule has 0 aliphatic carbocycles. The van der Waals surface area contributed by atoms with Crippen molar-refractivity contribution >= 4 is 76.5 Å². The number of anilines is 4. The number of H-pyrrole nitrogens is 2. The van der Waals surface area contributed by atoms with Crippen LogP contribution in [0.4, 0.5) is 27.4 Å². The van der Waals surface area contributed by atoms with Crippen LogP contribution in [0.25, 0.3) is 43.6 Å². The summed E-state index contributed by atoms with van der Waals surface area (Å²) < 4.78 is 45.0. The largest absolute Gasteiger partial charge is 0.496 e. The molecule has 0 amide bonds. The number of nitrogens with zero attached hydrogens (tertiary/aromatic N) is 8. The fraction of sp³-hybridized carbons (Fsp3) is 0.235. The third-order valence-corrected chi connectivity index (χ3v) is 9.42. The number of benzene rings is 2. The Bertz CT molecular complexity index is 2640. The van der Waals surface area contributed by atoms with Gasteiger partial charge in [-0.1, -0.05) is 6.07 Å². The van der Waals surface area contributed by atoms with Gasteiger partial charge < -0.3 is 15.4 Å². The molecular formula is C34H35FN12O3S. The van der Waals surface area contributed by atoms with E-state index in [9.17, 15) is 12.8 Å². The molecule has 0 fully saturated rings. The Morgan fingerprint density at radius 2 is 1.65 bits per heavy atom. The van der Waals surface area contributed by atoms with Crippen LogP contribution < -0.4 is 15.4 Å². The van der Waals surface area contributed by atoms with Crippen molar-refractivity contribution in [3.8, 4) is 5.75 Å². The van der Waals surface area contributed by atoms with Crippen molar-refractivity contribution in [1.82, 2.24) is 49.9 Å². The van der Waals surface area contributed by atoms with Crippen LogP contribution in [0.3, 0.4) is 0 Å². The normalized spacial score (nSPS) is 11.8. The van der Waals surface area contributed by atoms with E-state index in [0.29, 0.717) is 34.0 Å². The molecule has 51 heavy (non-hydrogen) atoms. The summed E-state index contributed by atoms with van der Waals surface area (Å²) in [6.45, 7) is 5.87. The van der Waals surface area contributed by atoms with Crippen LogP contribution in [-0.2, 0) is 16.4 Å². The fourth-order valence-electron chi connectivity index (χ4n) is 5.74. The standard InChI is InChI=1S/C18H20N6O.C16H15FN6O2S/c1-10(2)24-9-14(11(3)23-24)21-18-17-12(8-19-22-17)16-13(20-18)6-5-7-15(16)25-4;1-26(24,25)11-2-3-14-12(6-11)13-8-18-22-15(13)16(21-14)20-10-7-19-23(9-10)5-4-17/h5-10H,1-4H3,(H,19,22)(H,20,21);2-3,6-9H,4-5H2,1H3,(H,18,22)(H,20,21). The van der Waals surface area contributed by atoms with Crippen LogP contribution >= 0.6 is 0 Å². The van der Waals surface area contributed by atoms with Gasteiger partial charge in [0.05, 0.1) is 70.6 Å². The van der Waals surface area contributed by atoms with E-state index >= 15 is 0 Å². The van der Waals surface area contributed by atoms with Crippen molar-refractivity contribution in [2.24, 2.45) is 0 Å². The van der Waals surface area contributed by atoms with Crippen LogP contribution in [0, 0.1) is 6.92 Å². The summed E-state index contributed by atoms with van der Waals surface area (Å²) in [6.07, 6.45) is 9.86. The number of aromatic amines is 2. The van der Waals surface area contributed by atoms with Gasteiger partial charge >= 0.3 is 0 Å². The molecule has 4 N–H and O–H groups in total. The number of pyridine rings is 2. The number of ether oxygens (including phenoxy) is 1. The third kappa shape index (κ3) is 6.50. The molecule has 0 atom stereocenters. The lowest BCUT2D eigenvalue weighted by Gasteiger charge is -2.10. The van der Waals surface area contributed by atoms with Gasteiger partial charge in [0.15, 0.2) is 21.5 Å². The Hall–Kier alpha value is -6.10. The molecule has 0 unspecified atom stereocenters. The number of nitrogens with one attached hydrogen (secondary N) is 4. The van der Waals surface area contributed by atoms with Crippen molar-refractivity contribution in [3.63, 3.8) is 0 Å². The topological polar surface area (TPSA) is 186 Å². The highest BCUT2D eigenvalue weighted by Gasteiger charge is 2.17. The van der Waals surface area contributed by atoms with Crippen molar-refractivity contribution in [3.05, 3.63) is 73.1 Å². The molecule has 0 saturated carbocycles. The van der Waals surface area contributed by atoms with Gasteiger partial charge in [0.2, 0.25) is 0 Å². The van der Waals surface area contributed by atoms with Crippen molar-refractivity contribution in [2.45, 2.75) is 38.3 Å². The zero-order valence-corrected chi connectivity index (χ0v) is 29.2. The molecule has 6 heterocycles. The second kappa shape index (κ2) is 13.3. The lowest BCUT2D eigenvalue weighted by molar-refractivity contribution is 0.420. The number of halogens is 1. The summed E-state index contributed by atoms with van der Waals surface area (Å²) in [7, 11) is -1.66. The van der Waals surface area contributed by atoms with Gasteiger partial charge in [-0.3, -0.25) is 19.6 Å². The highest BCUT2D eigenvalue weighted by Crippen LogP contribution is 2.35. The quantitative estimate of drug-likeness (QED) is 0.130. The van der Waals surface area contributed by atoms with E-state index < -0.39 is 16.5 Å². The highest BCUT2D eigenvalue weighted by molar-refractivity contribution is 7.90. The molecule has 0 radical (unpaired) electrons. The minimum atomic E-state index is -3.32. The van der Waals surface area contributed by atoms with Crippen molar-refractivity contribution in [1.29, 1.82) is 0 Å². The zero-order chi connectivity index (χ0) is 35.9. The van der Waals surface area contributed by atoms with E-state index in [1.165, 1.54) is 17.0 Å². The molecule has 0 spiro atoms. The van der Waals surface area contributed by atoms with E-state index in [-0.39, 0.29) is 11.4 Å². The monoisotopic (exact) mass is 710 g/mol. The summed E-state index contributed by atoms with van der Waals surface area (Å²) in [6, 6.07) is 10.9. The predicted octanol–water partition coefficient (Wildman–Crippen LogP) is 6.37. The second-order valence-corrected chi connectivity index (χ2v) is 14.2. The Balaban J connectivity index is 0.000000159. The van der Waals surface area contributed by atoms with Gasteiger partial charge in [-0.05, 0) is 51.1 Å². The Morgan fingerprint density at radius 3 is 2.35 bits per heavy atom. The fourth-order valence-corrected chi connectivity index (χ4v) is 6.39. The van der Waals surface area contributed by atoms with E-state index in [1.54, 1.807) is 44.0 Å². The van der Waals surface area contributed by atoms with Crippen LogP contribution in [0.5, 0.6) is 5.75 Å². The number of methoxy groups -OCH3 is 1. The molecule has 2 aromatic carbocycles. The molecule has 6 aromatic heterocycles. The molecule has 8 rings (SSSR count). The first-order valence-electron chi connectivity index (χ1n) is 16.0. The molecule has 262 valence electrons. The van der Waals surface area contributed by atoms with Gasteiger partial charge in [-0.25, -0.2) is 22.8 Å². The summed E-state index contributed by atoms with van der Waals surface area (Å²) in [5, 5.41) is 32.7. The SMILES string of the molecule is COc1cccc2nc(Nc3cn(C(C)C)nc3C)c3[nH]ncc3c12.CS(=O)(=O)c1ccc2nc(Nc3cnn(CCF)c3)c3[nH]ncc3c2c1. The number of aromatic nitrogens is 10. The Kier molecular flexibility index (Phi) is 8.72. The molecule has 17 heteroatoms. The van der Waals surface area contributed by atoms with Crippen LogP contribution in [0.15, 0.2) is 72.3 Å². The molecular weight excluding hydrogens is 676 g/mol. The predicted molar refractivity (Wildman–Crippen MR) is 195 cm³/mol. The number of hydrogen-bond donors (Lipinski definition) is 4. The number of fused-ring (bicyclic) bond motifs is 6. The number of rotatable bonds is 9. The Morgan fingerprint density at radius 1 is 0.922 bits per heavy atom. The van der Waals surface area contributed by atoms with E-state index in [4.69, 9.17) is 9.72 Å². The first-order valence-corrected chi connectivity index (χ1v) is 17.9. The van der Waals surface area contributed by atoms with E-state index in [0.717, 1.165) is 50.1 Å². The second-order valence-electron chi connectivity index (χ2n) is 12.2. The minimum Gasteiger partial charge on any atom is -0.496 e. The van der Waals surface area contributed by atoms with E-state index in [2.05, 4.69) is 60.1 Å². The van der Waals surface area contributed by atoms with Gasteiger partial charge in [-0.15, -0.1) is 0 Å². The van der Waals surface area contributed by atoms with Gasteiger partial charge in [0, 0.05) is 40.8 Å². The summed E-state index contributed by atoms with van der Waals surface area (Å²) in [4.78, 5) is 9.56. The van der Waals surface area contributed by atoms with Crippen LogP contribution in [0.2, 0.25) is 0 Å². The van der Waals surface area contributed by atoms with Gasteiger partial charge in [-0.2, -0.15) is 20.4 Å². The molecule has 0 bridgehead atoms. The van der Waals surface area contributed by atoms with Crippen LogP contribution in [0.1, 0.15) is 25.6 Å². The third-order valence-electron chi connectivity index (χ3n) is 8.31. The maximum Gasteiger partial charge on any atom is 0.175 e. The molecule has 0 aliphatic heterocycles. The smallest absolute Gasteiger partial charge is 0.175 e. The maximum absolute atomic E-state index is 12.4. The number of hydrogen-bond acceptors (Lipinski definition) is 11. The highest BCUT2D eigenvalue weighted by atomic mass is 32.2. The average Bonchev–Trinajstić information content (AvgIpc) is 3.93. The molecule has 0 aliphatic rings. The van der Waals surface area contributed by atoms with Gasteiger partial charge in [0.25, 0.3) is 0 Å². The minimum absolute atomic E-state index is 0.181. The van der Waals surface area contributed by atoms with Crippen molar-refractivity contribution in [2.75, 3.05) is 30.7 Å².